The molecular formula is C27H28O16. The number of rotatable bonds is 9. The van der Waals surface area contributed by atoms with E-state index in [0.29, 0.717) is 0 Å². The molecule has 0 spiro atoms. The first-order chi connectivity index (χ1) is 20.2. The molecule has 2 aromatic rings. The van der Waals surface area contributed by atoms with E-state index in [-0.39, 0.29) is 16.7 Å². The summed E-state index contributed by atoms with van der Waals surface area (Å²) in [5.41, 5.74) is -1.37. The summed E-state index contributed by atoms with van der Waals surface area (Å²) in [6.45, 7) is 5.85. The van der Waals surface area contributed by atoms with Gasteiger partial charge in [-0.3, -0.25) is 28.8 Å². The molecule has 5 atom stereocenters. The molecular weight excluding hydrogens is 580 g/mol. The van der Waals surface area contributed by atoms with Gasteiger partial charge in [0.2, 0.25) is 12.4 Å². The number of fused-ring (bicyclic) bond motifs is 1. The third-order valence-electron chi connectivity index (χ3n) is 5.48. The summed E-state index contributed by atoms with van der Waals surface area (Å²) in [7, 11) is 0. The monoisotopic (exact) mass is 608 g/mol. The predicted octanol–water partition coefficient (Wildman–Crippen LogP) is 1.11. The topological polar surface area (TPSA) is 206 Å². The molecule has 1 aliphatic heterocycles. The van der Waals surface area contributed by atoms with Crippen LogP contribution in [0.1, 0.15) is 41.5 Å². The van der Waals surface area contributed by atoms with E-state index in [9.17, 15) is 33.6 Å². The second-order valence-corrected chi connectivity index (χ2v) is 9.08. The molecule has 2 heterocycles. The number of esters is 6. The third kappa shape index (κ3) is 8.51. The standard InChI is InChI=1S/C27H28O16/c1-11(28)35-10-20-22(37-13(3)30)23(38-14(4)31)25(40-16(6)33)27(42-20)43-21-18-8-7-17(36-12(2)29)9-19(18)41-26(34)24(21)39-15(5)32/h7-9,20,22-23,25,27H,10H2,1-6H3/t20-,22-,23+,25-,27+/m1/s1. The molecule has 1 saturated heterocycles. The van der Waals surface area contributed by atoms with Gasteiger partial charge in [-0.25, -0.2) is 4.79 Å². The second kappa shape index (κ2) is 13.8. The van der Waals surface area contributed by atoms with E-state index in [1.54, 1.807) is 0 Å². The Bertz CT molecular complexity index is 1490. The Morgan fingerprint density at radius 2 is 1.28 bits per heavy atom. The number of carbonyl (C=O) groups is 6. The molecule has 16 heteroatoms. The second-order valence-electron chi connectivity index (χ2n) is 9.08. The molecule has 3 rings (SSSR count). The van der Waals surface area contributed by atoms with Crippen LogP contribution in [0.3, 0.4) is 0 Å². The van der Waals surface area contributed by atoms with Crippen molar-refractivity contribution < 1.29 is 71.1 Å². The smallest absolute Gasteiger partial charge is 0.383 e. The van der Waals surface area contributed by atoms with Crippen molar-refractivity contribution in [1.29, 1.82) is 0 Å². The lowest BCUT2D eigenvalue weighted by molar-refractivity contribution is -0.288. The zero-order chi connectivity index (χ0) is 32.0. The molecule has 0 saturated carbocycles. The van der Waals surface area contributed by atoms with Crippen molar-refractivity contribution >= 4 is 46.8 Å². The van der Waals surface area contributed by atoms with Crippen molar-refractivity contribution in [3.8, 4) is 17.2 Å². The highest BCUT2D eigenvalue weighted by molar-refractivity contribution is 5.88. The van der Waals surface area contributed by atoms with Crippen LogP contribution in [0.15, 0.2) is 27.4 Å². The Labute approximate surface area is 243 Å². The largest absolute Gasteiger partial charge is 0.463 e. The van der Waals surface area contributed by atoms with Gasteiger partial charge in [-0.15, -0.1) is 0 Å². The summed E-state index contributed by atoms with van der Waals surface area (Å²) >= 11 is 0. The fraction of sp³-hybridized carbons (Fsp3) is 0.444. The van der Waals surface area contributed by atoms with Gasteiger partial charge in [0.1, 0.15) is 24.0 Å². The SMILES string of the molecule is CC(=O)OC[C@H]1O[C@@H](Oc2c(OC(C)=O)c(=O)oc3cc(OC(C)=O)ccc23)[C@H](OC(C)=O)[C@@H](OC(C)=O)[C@@H]1OC(C)=O. The molecule has 43 heavy (non-hydrogen) atoms. The molecule has 1 fully saturated rings. The highest BCUT2D eigenvalue weighted by atomic mass is 16.7. The highest BCUT2D eigenvalue weighted by Crippen LogP contribution is 2.38. The average Bonchev–Trinajstić information content (AvgIpc) is 2.86. The zero-order valence-corrected chi connectivity index (χ0v) is 23.9. The summed E-state index contributed by atoms with van der Waals surface area (Å²) in [5.74, 6) is -6.13. The summed E-state index contributed by atoms with van der Waals surface area (Å²) < 4.78 is 48.3. The maximum absolute atomic E-state index is 12.9. The van der Waals surface area contributed by atoms with Gasteiger partial charge in [0.15, 0.2) is 18.0 Å². The number of benzene rings is 1. The molecule has 232 valence electrons. The molecule has 1 aromatic heterocycles. The summed E-state index contributed by atoms with van der Waals surface area (Å²) in [6, 6.07) is 3.82. The van der Waals surface area contributed by atoms with Crippen molar-refractivity contribution in [2.75, 3.05) is 6.61 Å². The van der Waals surface area contributed by atoms with Crippen molar-refractivity contribution in [2.45, 2.75) is 72.2 Å². The number of hydrogen-bond donors (Lipinski definition) is 0. The Balaban J connectivity index is 2.22. The van der Waals surface area contributed by atoms with Crippen LogP contribution in [0.2, 0.25) is 0 Å². The number of hydrogen-bond acceptors (Lipinski definition) is 16. The Morgan fingerprint density at radius 3 is 1.84 bits per heavy atom. The minimum absolute atomic E-state index is 0.000362. The Kier molecular flexibility index (Phi) is 10.4. The molecule has 0 unspecified atom stereocenters. The zero-order valence-electron chi connectivity index (χ0n) is 23.9. The van der Waals surface area contributed by atoms with E-state index in [0.717, 1.165) is 41.5 Å². The van der Waals surface area contributed by atoms with Gasteiger partial charge in [0.25, 0.3) is 5.75 Å². The van der Waals surface area contributed by atoms with Gasteiger partial charge in [-0.1, -0.05) is 0 Å². The maximum Gasteiger partial charge on any atom is 0.383 e. The van der Waals surface area contributed by atoms with Gasteiger partial charge in [-0.2, -0.15) is 0 Å². The van der Waals surface area contributed by atoms with Gasteiger partial charge in [0.05, 0.1) is 5.39 Å². The van der Waals surface area contributed by atoms with E-state index in [1.807, 2.05) is 0 Å². The average molecular weight is 609 g/mol. The van der Waals surface area contributed by atoms with Crippen molar-refractivity contribution in [3.63, 3.8) is 0 Å². The van der Waals surface area contributed by atoms with Gasteiger partial charge >= 0.3 is 41.4 Å². The van der Waals surface area contributed by atoms with Gasteiger partial charge in [-0.05, 0) is 12.1 Å². The van der Waals surface area contributed by atoms with Crippen LogP contribution in [0.4, 0.5) is 0 Å². The molecule has 0 N–H and O–H groups in total. The summed E-state index contributed by atoms with van der Waals surface area (Å²) in [6.07, 6.45) is -7.85. The molecule has 1 aromatic carbocycles. The first-order valence-corrected chi connectivity index (χ1v) is 12.6. The van der Waals surface area contributed by atoms with E-state index >= 15 is 0 Å². The van der Waals surface area contributed by atoms with E-state index in [2.05, 4.69) is 0 Å². The molecule has 1 aliphatic rings. The Hall–Kier alpha value is -4.99. The fourth-order valence-electron chi connectivity index (χ4n) is 4.11. The lowest BCUT2D eigenvalue weighted by Crippen LogP contribution is -2.63. The fourth-order valence-corrected chi connectivity index (χ4v) is 4.11. The van der Waals surface area contributed by atoms with Gasteiger partial charge in [0, 0.05) is 47.6 Å². The maximum atomic E-state index is 12.9. The quantitative estimate of drug-likeness (QED) is 0.169. The lowest BCUT2D eigenvalue weighted by Gasteiger charge is -2.44. The highest BCUT2D eigenvalue weighted by Gasteiger charge is 2.53. The van der Waals surface area contributed by atoms with Crippen LogP contribution in [-0.2, 0) is 52.5 Å². The normalized spacial score (nSPS) is 21.2. The molecule has 0 amide bonds. The first kappa shape index (κ1) is 32.5. The van der Waals surface area contributed by atoms with Crippen LogP contribution in [0.25, 0.3) is 11.0 Å². The molecule has 0 aliphatic carbocycles. The van der Waals surface area contributed by atoms with Crippen LogP contribution in [0, 0.1) is 0 Å². The third-order valence-corrected chi connectivity index (χ3v) is 5.48. The van der Waals surface area contributed by atoms with Crippen molar-refractivity contribution in [2.24, 2.45) is 0 Å². The van der Waals surface area contributed by atoms with Crippen molar-refractivity contribution in [3.05, 3.63) is 28.6 Å². The van der Waals surface area contributed by atoms with Crippen LogP contribution in [-0.4, -0.2) is 73.1 Å². The molecule has 0 radical (unpaired) electrons. The minimum Gasteiger partial charge on any atom is -0.463 e. The van der Waals surface area contributed by atoms with Gasteiger partial charge < -0.3 is 42.3 Å². The van der Waals surface area contributed by atoms with E-state index < -0.39 is 90.3 Å². The van der Waals surface area contributed by atoms with Crippen LogP contribution < -0.4 is 19.8 Å². The molecule has 16 nitrogen and oxygen atoms in total. The minimum atomic E-state index is -1.77. The van der Waals surface area contributed by atoms with Crippen LogP contribution >= 0.6 is 0 Å². The van der Waals surface area contributed by atoms with E-state index in [1.165, 1.54) is 18.2 Å². The summed E-state index contributed by atoms with van der Waals surface area (Å²) in [5, 5.41) is -0.000362. The van der Waals surface area contributed by atoms with Crippen LogP contribution in [0.5, 0.6) is 17.2 Å². The summed E-state index contributed by atoms with van der Waals surface area (Å²) in [4.78, 5) is 84.0. The Morgan fingerprint density at radius 1 is 0.698 bits per heavy atom. The van der Waals surface area contributed by atoms with E-state index in [4.69, 9.17) is 42.3 Å². The number of ether oxygens (including phenoxy) is 8. The first-order valence-electron chi connectivity index (χ1n) is 12.6. The predicted molar refractivity (Wildman–Crippen MR) is 138 cm³/mol. The lowest BCUT2D eigenvalue weighted by atomic mass is 9.98. The molecule has 0 bridgehead atoms. The number of carbonyl (C=O) groups excluding carboxylic acids is 6. The van der Waals surface area contributed by atoms with Crippen molar-refractivity contribution in [1.82, 2.24) is 0 Å².